The van der Waals surface area contributed by atoms with E-state index in [0.29, 0.717) is 17.6 Å². The number of rotatable bonds is 6. The second-order valence-corrected chi connectivity index (χ2v) is 5.85. The van der Waals surface area contributed by atoms with Gasteiger partial charge >= 0.3 is 0 Å². The van der Waals surface area contributed by atoms with Crippen molar-refractivity contribution in [2.45, 2.75) is 25.4 Å². The van der Waals surface area contributed by atoms with Gasteiger partial charge in [0.05, 0.1) is 17.3 Å². The number of nitrogens with one attached hydrogen (secondary N) is 1. The molecule has 4 nitrogen and oxygen atoms in total. The predicted molar refractivity (Wildman–Crippen MR) is 87.8 cm³/mol. The first-order chi connectivity index (χ1) is 10.7. The third-order valence-electron chi connectivity index (χ3n) is 3.69. The minimum Gasteiger partial charge on any atom is -0.375 e. The first-order valence-corrected chi connectivity index (χ1v) is 7.78. The summed E-state index contributed by atoms with van der Waals surface area (Å²) in [6.07, 6.45) is 5.71. The van der Waals surface area contributed by atoms with Gasteiger partial charge in [0, 0.05) is 25.0 Å². The lowest BCUT2D eigenvalue weighted by molar-refractivity contribution is -0.130. The summed E-state index contributed by atoms with van der Waals surface area (Å²) in [4.78, 5) is 18.6. The number of hydrogen-bond acceptors (Lipinski definition) is 3. The highest BCUT2D eigenvalue weighted by molar-refractivity contribution is 6.33. The summed E-state index contributed by atoms with van der Waals surface area (Å²) in [5, 5.41) is 3.75. The number of hydrogen-bond donors (Lipinski definition) is 1. The van der Waals surface area contributed by atoms with E-state index in [0.717, 1.165) is 24.1 Å². The van der Waals surface area contributed by atoms with Crippen molar-refractivity contribution in [3.63, 3.8) is 0 Å². The van der Waals surface area contributed by atoms with Crippen LogP contribution in [0.2, 0.25) is 5.02 Å². The summed E-state index contributed by atoms with van der Waals surface area (Å²) in [7, 11) is 0. The van der Waals surface area contributed by atoms with E-state index in [1.54, 1.807) is 6.20 Å². The van der Waals surface area contributed by atoms with Crippen LogP contribution in [0.4, 0.5) is 5.69 Å². The molecule has 0 aliphatic heterocycles. The molecule has 1 N–H and O–H groups in total. The number of amides is 1. The molecule has 0 spiro atoms. The Balaban J connectivity index is 1.62. The Morgan fingerprint density at radius 2 is 2.09 bits per heavy atom. The Kier molecular flexibility index (Phi) is 4.59. The van der Waals surface area contributed by atoms with Crippen LogP contribution < -0.4 is 5.32 Å². The molecule has 3 rings (SSSR count). The molecule has 0 bridgehead atoms. The number of anilines is 1. The molecule has 1 aliphatic rings. The lowest BCUT2D eigenvalue weighted by atomic mass is 10.2. The molecule has 0 radical (unpaired) electrons. The van der Waals surface area contributed by atoms with Crippen molar-refractivity contribution in [3.05, 3.63) is 59.4 Å². The van der Waals surface area contributed by atoms with E-state index >= 15 is 0 Å². The van der Waals surface area contributed by atoms with Crippen molar-refractivity contribution in [3.8, 4) is 0 Å². The molecule has 114 valence electrons. The smallest absolute Gasteiger partial charge is 0.242 e. The van der Waals surface area contributed by atoms with E-state index in [-0.39, 0.29) is 12.5 Å². The van der Waals surface area contributed by atoms with Crippen molar-refractivity contribution < 1.29 is 4.79 Å². The number of carbonyl (C=O) groups is 1. The van der Waals surface area contributed by atoms with Gasteiger partial charge in [0.2, 0.25) is 5.91 Å². The lowest BCUT2D eigenvalue weighted by Crippen LogP contribution is -2.36. The van der Waals surface area contributed by atoms with Crippen LogP contribution in [0.5, 0.6) is 0 Å². The number of halogens is 1. The van der Waals surface area contributed by atoms with Crippen LogP contribution in [0, 0.1) is 0 Å². The SMILES string of the molecule is O=C(CNc1ccccc1Cl)N(Cc1cccnc1)C1CC1. The summed E-state index contributed by atoms with van der Waals surface area (Å²) in [5.41, 5.74) is 1.84. The molecule has 1 heterocycles. The average molecular weight is 316 g/mol. The predicted octanol–water partition coefficient (Wildman–Crippen LogP) is 3.34. The normalized spacial score (nSPS) is 13.7. The lowest BCUT2D eigenvalue weighted by Gasteiger charge is -2.23. The van der Waals surface area contributed by atoms with Gasteiger partial charge in [-0.25, -0.2) is 0 Å². The number of para-hydroxylation sites is 1. The van der Waals surface area contributed by atoms with E-state index in [1.165, 1.54) is 0 Å². The highest BCUT2D eigenvalue weighted by Crippen LogP contribution is 2.28. The summed E-state index contributed by atoms with van der Waals surface area (Å²) >= 11 is 6.10. The van der Waals surface area contributed by atoms with E-state index < -0.39 is 0 Å². The molecule has 2 aromatic rings. The van der Waals surface area contributed by atoms with E-state index in [2.05, 4.69) is 10.3 Å². The molecule has 0 saturated heterocycles. The fourth-order valence-corrected chi connectivity index (χ4v) is 2.57. The molecule has 22 heavy (non-hydrogen) atoms. The third-order valence-corrected chi connectivity index (χ3v) is 4.02. The fourth-order valence-electron chi connectivity index (χ4n) is 2.37. The largest absolute Gasteiger partial charge is 0.375 e. The highest BCUT2D eigenvalue weighted by Gasteiger charge is 2.32. The Morgan fingerprint density at radius 1 is 1.27 bits per heavy atom. The number of carbonyl (C=O) groups excluding carboxylic acids is 1. The molecule has 0 atom stereocenters. The van der Waals surface area contributed by atoms with E-state index in [1.807, 2.05) is 47.5 Å². The number of nitrogens with zero attached hydrogens (tertiary/aromatic N) is 2. The zero-order valence-electron chi connectivity index (χ0n) is 12.2. The Bertz CT molecular complexity index is 643. The minimum atomic E-state index is 0.0891. The minimum absolute atomic E-state index is 0.0891. The molecular weight excluding hydrogens is 298 g/mol. The first-order valence-electron chi connectivity index (χ1n) is 7.41. The van der Waals surface area contributed by atoms with Gasteiger partial charge in [-0.05, 0) is 36.6 Å². The standard InChI is InChI=1S/C17H18ClN3O/c18-15-5-1-2-6-16(15)20-11-17(22)21(14-7-8-14)12-13-4-3-9-19-10-13/h1-6,9-10,14,20H,7-8,11-12H2. The van der Waals surface area contributed by atoms with Crippen molar-refractivity contribution in [1.82, 2.24) is 9.88 Å². The van der Waals surface area contributed by atoms with Gasteiger partial charge in [0.25, 0.3) is 0 Å². The van der Waals surface area contributed by atoms with Crippen molar-refractivity contribution in [2.75, 3.05) is 11.9 Å². The molecule has 0 unspecified atom stereocenters. The highest BCUT2D eigenvalue weighted by atomic mass is 35.5. The van der Waals surface area contributed by atoms with Gasteiger partial charge in [-0.3, -0.25) is 9.78 Å². The van der Waals surface area contributed by atoms with Crippen molar-refractivity contribution in [1.29, 1.82) is 0 Å². The van der Waals surface area contributed by atoms with Crippen LogP contribution in [-0.4, -0.2) is 28.4 Å². The van der Waals surface area contributed by atoms with Crippen molar-refractivity contribution >= 4 is 23.2 Å². The number of aromatic nitrogens is 1. The van der Waals surface area contributed by atoms with Crippen LogP contribution in [0.1, 0.15) is 18.4 Å². The van der Waals surface area contributed by atoms with Gasteiger partial charge in [-0.1, -0.05) is 29.8 Å². The maximum Gasteiger partial charge on any atom is 0.242 e. The summed E-state index contributed by atoms with van der Waals surface area (Å²) in [6.45, 7) is 0.863. The van der Waals surface area contributed by atoms with E-state index in [9.17, 15) is 4.79 Å². The van der Waals surface area contributed by atoms with Crippen molar-refractivity contribution in [2.24, 2.45) is 0 Å². The molecule has 5 heteroatoms. The zero-order chi connectivity index (χ0) is 15.4. The van der Waals surface area contributed by atoms with Crippen LogP contribution in [0.15, 0.2) is 48.8 Å². The van der Waals surface area contributed by atoms with E-state index in [4.69, 9.17) is 11.6 Å². The monoisotopic (exact) mass is 315 g/mol. The van der Waals surface area contributed by atoms with Gasteiger partial charge in [0.1, 0.15) is 0 Å². The van der Waals surface area contributed by atoms with Gasteiger partial charge in [0.15, 0.2) is 0 Å². The fraction of sp³-hybridized carbons (Fsp3) is 0.294. The van der Waals surface area contributed by atoms with Crippen LogP contribution in [0.25, 0.3) is 0 Å². The second-order valence-electron chi connectivity index (χ2n) is 5.45. The summed E-state index contributed by atoms with van der Waals surface area (Å²) in [6, 6.07) is 11.7. The molecule has 1 fully saturated rings. The quantitative estimate of drug-likeness (QED) is 0.889. The van der Waals surface area contributed by atoms with Gasteiger partial charge < -0.3 is 10.2 Å². The van der Waals surface area contributed by atoms with Crippen LogP contribution in [-0.2, 0) is 11.3 Å². The molecular formula is C17H18ClN3O. The second kappa shape index (κ2) is 6.79. The topological polar surface area (TPSA) is 45.2 Å². The summed E-state index contributed by atoms with van der Waals surface area (Å²) in [5.74, 6) is 0.0891. The average Bonchev–Trinajstić information content (AvgIpc) is 3.37. The molecule has 1 saturated carbocycles. The molecule has 1 amide bonds. The Labute approximate surface area is 135 Å². The maximum atomic E-state index is 12.5. The van der Waals surface area contributed by atoms with Crippen LogP contribution in [0.3, 0.4) is 0 Å². The van der Waals surface area contributed by atoms with Crippen LogP contribution >= 0.6 is 11.6 Å². The Hall–Kier alpha value is -2.07. The number of benzene rings is 1. The molecule has 1 aliphatic carbocycles. The zero-order valence-corrected chi connectivity index (χ0v) is 13.0. The van der Waals surface area contributed by atoms with Gasteiger partial charge in [-0.15, -0.1) is 0 Å². The number of pyridine rings is 1. The molecule has 1 aromatic carbocycles. The van der Waals surface area contributed by atoms with Gasteiger partial charge in [-0.2, -0.15) is 0 Å². The molecule has 1 aromatic heterocycles. The maximum absolute atomic E-state index is 12.5. The summed E-state index contributed by atoms with van der Waals surface area (Å²) < 4.78 is 0. The Morgan fingerprint density at radius 3 is 2.77 bits per heavy atom. The first kappa shape index (κ1) is 14.9. The third kappa shape index (κ3) is 3.77.